The van der Waals surface area contributed by atoms with E-state index in [1.54, 1.807) is 30.3 Å². The van der Waals surface area contributed by atoms with Crippen molar-refractivity contribution >= 4 is 50.2 Å². The summed E-state index contributed by atoms with van der Waals surface area (Å²) in [5.41, 5.74) is 3.83. The average Bonchev–Trinajstić information content (AvgIpc) is 3.35. The predicted molar refractivity (Wildman–Crippen MR) is 149 cm³/mol. The number of carbonyl (C=O) groups is 1. The maximum atomic E-state index is 12.9. The summed E-state index contributed by atoms with van der Waals surface area (Å²) in [6, 6.07) is 28.4. The molecule has 0 atom stereocenters. The number of fused-ring (bicyclic) bond motifs is 1. The van der Waals surface area contributed by atoms with Crippen LogP contribution in [0.25, 0.3) is 22.2 Å². The minimum atomic E-state index is -3.85. The van der Waals surface area contributed by atoms with E-state index in [4.69, 9.17) is 9.15 Å². The van der Waals surface area contributed by atoms with Gasteiger partial charge in [-0.3, -0.25) is 9.52 Å². The van der Waals surface area contributed by atoms with Crippen LogP contribution in [-0.4, -0.2) is 32.2 Å². The third-order valence-electron chi connectivity index (χ3n) is 5.60. The Labute approximate surface area is 224 Å². The second-order valence-electron chi connectivity index (χ2n) is 8.19. The van der Waals surface area contributed by atoms with Crippen molar-refractivity contribution in [3.8, 4) is 16.9 Å². The zero-order valence-corrected chi connectivity index (χ0v) is 21.9. The molecule has 0 aliphatic carbocycles. The zero-order chi connectivity index (χ0) is 26.5. The summed E-state index contributed by atoms with van der Waals surface area (Å²) >= 11 is 1.13. The number of sulfonamides is 1. The smallest absolute Gasteiger partial charge is 0.261 e. The van der Waals surface area contributed by atoms with Crippen LogP contribution >= 0.6 is 11.8 Å². The van der Waals surface area contributed by atoms with E-state index in [0.29, 0.717) is 28.2 Å². The molecule has 0 spiro atoms. The molecule has 0 aliphatic heterocycles. The lowest BCUT2D eigenvalue weighted by Gasteiger charge is -2.10. The van der Waals surface area contributed by atoms with Crippen LogP contribution in [0.5, 0.6) is 5.75 Å². The Kier molecular flexibility index (Phi) is 7.34. The van der Waals surface area contributed by atoms with Gasteiger partial charge in [0.25, 0.3) is 15.2 Å². The topological polar surface area (TPSA) is 111 Å². The first kappa shape index (κ1) is 25.4. The van der Waals surface area contributed by atoms with E-state index >= 15 is 0 Å². The molecule has 0 saturated heterocycles. The van der Waals surface area contributed by atoms with Crippen molar-refractivity contribution in [3.05, 3.63) is 97.1 Å². The normalized spacial score (nSPS) is 11.3. The second kappa shape index (κ2) is 11.0. The Morgan fingerprint density at radius 2 is 1.68 bits per heavy atom. The number of aromatic nitrogens is 1. The van der Waals surface area contributed by atoms with Crippen molar-refractivity contribution in [2.75, 3.05) is 22.9 Å². The van der Waals surface area contributed by atoms with Crippen LogP contribution < -0.4 is 14.8 Å². The molecule has 4 aromatic carbocycles. The summed E-state index contributed by atoms with van der Waals surface area (Å²) in [6.45, 7) is 0. The Morgan fingerprint density at radius 1 is 0.947 bits per heavy atom. The summed E-state index contributed by atoms with van der Waals surface area (Å²) in [4.78, 5) is 17.1. The number of benzene rings is 4. The lowest BCUT2D eigenvalue weighted by atomic mass is 10.0. The van der Waals surface area contributed by atoms with Gasteiger partial charge in [-0.25, -0.2) is 13.4 Å². The number of oxazole rings is 1. The number of methoxy groups -OCH3 is 1. The summed E-state index contributed by atoms with van der Waals surface area (Å²) < 4.78 is 39.1. The van der Waals surface area contributed by atoms with E-state index in [9.17, 15) is 13.2 Å². The first-order valence-corrected chi connectivity index (χ1v) is 14.0. The predicted octanol–water partition coefficient (Wildman–Crippen LogP) is 6.04. The Bertz CT molecular complexity index is 1690. The van der Waals surface area contributed by atoms with Crippen molar-refractivity contribution in [2.24, 2.45) is 0 Å². The molecule has 8 nitrogen and oxygen atoms in total. The molecule has 5 aromatic rings. The lowest BCUT2D eigenvalue weighted by molar-refractivity contribution is -0.113. The third-order valence-corrected chi connectivity index (χ3v) is 7.81. The number of ether oxygens (including phenoxy) is 1. The maximum absolute atomic E-state index is 12.9. The van der Waals surface area contributed by atoms with Gasteiger partial charge in [0.05, 0.1) is 17.8 Å². The van der Waals surface area contributed by atoms with Gasteiger partial charge in [-0.1, -0.05) is 60.3 Å². The third kappa shape index (κ3) is 5.82. The summed E-state index contributed by atoms with van der Waals surface area (Å²) in [5, 5.41) is 3.22. The number of amides is 1. The first-order chi connectivity index (χ1) is 18.4. The van der Waals surface area contributed by atoms with Crippen molar-refractivity contribution in [1.82, 2.24) is 4.98 Å². The van der Waals surface area contributed by atoms with Gasteiger partial charge in [-0.2, -0.15) is 0 Å². The van der Waals surface area contributed by atoms with E-state index in [1.165, 1.54) is 19.2 Å². The zero-order valence-electron chi connectivity index (χ0n) is 20.2. The number of nitrogens with one attached hydrogen (secondary N) is 2. The largest absolute Gasteiger partial charge is 0.497 e. The van der Waals surface area contributed by atoms with Crippen molar-refractivity contribution in [1.29, 1.82) is 0 Å². The molecule has 0 bridgehead atoms. The number of hydrogen-bond acceptors (Lipinski definition) is 7. The fourth-order valence-electron chi connectivity index (χ4n) is 3.76. The van der Waals surface area contributed by atoms with E-state index in [0.717, 1.165) is 22.9 Å². The molecule has 2 N–H and O–H groups in total. The number of hydrogen-bond donors (Lipinski definition) is 2. The highest BCUT2D eigenvalue weighted by Crippen LogP contribution is 2.29. The number of carbonyl (C=O) groups excluding carboxylic acids is 1. The molecule has 0 saturated carbocycles. The van der Waals surface area contributed by atoms with Gasteiger partial charge < -0.3 is 14.5 Å². The van der Waals surface area contributed by atoms with E-state index < -0.39 is 10.0 Å². The molecule has 0 fully saturated rings. The van der Waals surface area contributed by atoms with Crippen LogP contribution in [0.3, 0.4) is 0 Å². The van der Waals surface area contributed by atoms with Crippen LogP contribution in [0.1, 0.15) is 0 Å². The molecule has 10 heteroatoms. The number of rotatable bonds is 9. The SMILES string of the molecule is COc1ccc(NS(=O)(=O)c2ccc3oc(SCC(=O)Nc4ccccc4-c4ccccc4)nc3c2)cc1. The molecule has 1 amide bonds. The molecule has 38 heavy (non-hydrogen) atoms. The number of thioether (sulfide) groups is 1. The van der Waals surface area contributed by atoms with Crippen LogP contribution in [0.2, 0.25) is 0 Å². The monoisotopic (exact) mass is 545 g/mol. The highest BCUT2D eigenvalue weighted by Gasteiger charge is 2.18. The van der Waals surface area contributed by atoms with Gasteiger partial charge in [-0.05, 0) is 54.1 Å². The van der Waals surface area contributed by atoms with Crippen molar-refractivity contribution in [3.63, 3.8) is 0 Å². The molecular formula is C28H23N3O5S2. The van der Waals surface area contributed by atoms with Gasteiger partial charge in [0, 0.05) is 16.9 Å². The quantitative estimate of drug-likeness (QED) is 0.217. The number of anilines is 2. The van der Waals surface area contributed by atoms with E-state index in [2.05, 4.69) is 15.0 Å². The fraction of sp³-hybridized carbons (Fsp3) is 0.0714. The molecule has 1 heterocycles. The standard InChI is InChI=1S/C28H23N3O5S2/c1-35-21-13-11-20(12-14-21)31-38(33,34)22-15-16-26-25(17-22)30-28(36-26)37-18-27(32)29-24-10-6-5-9-23(24)19-7-3-2-4-8-19/h2-17,31H,18H2,1H3,(H,29,32). The van der Waals surface area contributed by atoms with E-state index in [1.807, 2.05) is 54.6 Å². The van der Waals surface area contributed by atoms with Crippen LogP contribution in [0.4, 0.5) is 11.4 Å². The molecule has 192 valence electrons. The Morgan fingerprint density at radius 3 is 2.45 bits per heavy atom. The van der Waals surface area contributed by atoms with Gasteiger partial charge >= 0.3 is 0 Å². The van der Waals surface area contributed by atoms with Gasteiger partial charge in [0.1, 0.15) is 11.3 Å². The Balaban J connectivity index is 1.25. The summed E-state index contributed by atoms with van der Waals surface area (Å²) in [6.07, 6.45) is 0. The van der Waals surface area contributed by atoms with E-state index in [-0.39, 0.29) is 21.8 Å². The lowest BCUT2D eigenvalue weighted by Crippen LogP contribution is -2.14. The highest BCUT2D eigenvalue weighted by molar-refractivity contribution is 7.99. The maximum Gasteiger partial charge on any atom is 0.261 e. The van der Waals surface area contributed by atoms with Crippen LogP contribution in [0.15, 0.2) is 112 Å². The molecule has 0 radical (unpaired) electrons. The number of para-hydroxylation sites is 1. The van der Waals surface area contributed by atoms with Crippen molar-refractivity contribution in [2.45, 2.75) is 10.1 Å². The summed E-state index contributed by atoms with van der Waals surface area (Å²) in [7, 11) is -2.31. The first-order valence-electron chi connectivity index (χ1n) is 11.6. The minimum Gasteiger partial charge on any atom is -0.497 e. The van der Waals surface area contributed by atoms with Gasteiger partial charge in [-0.15, -0.1) is 0 Å². The van der Waals surface area contributed by atoms with Crippen molar-refractivity contribution < 1.29 is 22.4 Å². The Hall–Kier alpha value is -4.28. The van der Waals surface area contributed by atoms with Gasteiger partial charge in [0.15, 0.2) is 5.58 Å². The number of nitrogens with zero attached hydrogens (tertiary/aromatic N) is 1. The fourth-order valence-corrected chi connectivity index (χ4v) is 5.48. The average molecular weight is 546 g/mol. The summed E-state index contributed by atoms with van der Waals surface area (Å²) in [5.74, 6) is 0.476. The molecule has 0 aliphatic rings. The highest BCUT2D eigenvalue weighted by atomic mass is 32.2. The van der Waals surface area contributed by atoms with Gasteiger partial charge in [0.2, 0.25) is 5.91 Å². The minimum absolute atomic E-state index is 0.0425. The molecular weight excluding hydrogens is 522 g/mol. The van der Waals surface area contributed by atoms with Crippen LogP contribution in [0, 0.1) is 0 Å². The van der Waals surface area contributed by atoms with Crippen LogP contribution in [-0.2, 0) is 14.8 Å². The molecule has 5 rings (SSSR count). The second-order valence-corrected chi connectivity index (χ2v) is 10.8. The molecule has 1 aromatic heterocycles. The molecule has 0 unspecified atom stereocenters.